The lowest BCUT2D eigenvalue weighted by Gasteiger charge is -1.66. The van der Waals surface area contributed by atoms with Gasteiger partial charge in [0, 0.05) is 6.92 Å². The highest BCUT2D eigenvalue weighted by molar-refractivity contribution is 6.42. The van der Waals surface area contributed by atoms with Crippen molar-refractivity contribution < 1.29 is 9.58 Å². The monoisotopic (exact) mass is 109 g/mol. The van der Waals surface area contributed by atoms with E-state index in [-0.39, 0.29) is 0 Å². The van der Waals surface area contributed by atoms with Gasteiger partial charge in [0.25, 0.3) is 5.78 Å². The summed E-state index contributed by atoms with van der Waals surface area (Å²) in [6, 6.07) is 1.40. The fourth-order valence-electron chi connectivity index (χ4n) is 0.171. The quantitative estimate of drug-likeness (QED) is 0.265. The van der Waals surface area contributed by atoms with Crippen LogP contribution in [0.25, 0.3) is 5.53 Å². The standard InChI is InChI=1S/C4H3N3O/c1-3(8)4(2-5)7-6/h1H3. The second kappa shape index (κ2) is 2.67. The number of hydrogen-bond acceptors (Lipinski definition) is 2. The first-order valence-corrected chi connectivity index (χ1v) is 1.85. The van der Waals surface area contributed by atoms with E-state index in [0.717, 1.165) is 6.92 Å². The molecule has 40 valence electrons. The second-order valence-electron chi connectivity index (χ2n) is 1.12. The molecule has 0 bridgehead atoms. The lowest BCUT2D eigenvalue weighted by molar-refractivity contribution is -0.114. The number of ketones is 1. The van der Waals surface area contributed by atoms with Crippen molar-refractivity contribution in [1.29, 1.82) is 5.26 Å². The molecule has 0 unspecified atom stereocenters. The van der Waals surface area contributed by atoms with Crippen LogP contribution in [0.15, 0.2) is 0 Å². The van der Waals surface area contributed by atoms with Crippen LogP contribution in [-0.2, 0) is 4.79 Å². The van der Waals surface area contributed by atoms with E-state index >= 15 is 0 Å². The van der Waals surface area contributed by atoms with Crippen LogP contribution < -0.4 is 0 Å². The third-order valence-corrected chi connectivity index (χ3v) is 0.539. The predicted molar refractivity (Wildman–Crippen MR) is 24.9 cm³/mol. The van der Waals surface area contributed by atoms with E-state index in [4.69, 9.17) is 10.8 Å². The van der Waals surface area contributed by atoms with Gasteiger partial charge in [0.2, 0.25) is 0 Å². The van der Waals surface area contributed by atoms with Crippen molar-refractivity contribution in [2.24, 2.45) is 0 Å². The zero-order valence-corrected chi connectivity index (χ0v) is 4.25. The molecule has 0 aliphatic carbocycles. The maximum Gasteiger partial charge on any atom is 0.433 e. The van der Waals surface area contributed by atoms with Crippen LogP contribution in [-0.4, -0.2) is 16.3 Å². The van der Waals surface area contributed by atoms with Gasteiger partial charge in [0.05, 0.1) is 0 Å². The van der Waals surface area contributed by atoms with Gasteiger partial charge in [-0.3, -0.25) is 4.79 Å². The summed E-state index contributed by atoms with van der Waals surface area (Å²) in [5.74, 6) is -0.532. The van der Waals surface area contributed by atoms with Crippen molar-refractivity contribution >= 4 is 11.5 Å². The highest BCUT2D eigenvalue weighted by Crippen LogP contribution is 1.68. The average Bonchev–Trinajstić information content (AvgIpc) is 1.69. The van der Waals surface area contributed by atoms with E-state index in [1.807, 2.05) is 0 Å². The van der Waals surface area contributed by atoms with Gasteiger partial charge < -0.3 is 5.53 Å². The lowest BCUT2D eigenvalue weighted by atomic mass is 10.3. The largest absolute Gasteiger partial charge is 0.433 e. The molecule has 0 aromatic rings. The summed E-state index contributed by atoms with van der Waals surface area (Å²) in [5, 5.41) is 7.93. The Morgan fingerprint density at radius 3 is 2.38 bits per heavy atom. The van der Waals surface area contributed by atoms with Crippen molar-refractivity contribution in [2.45, 2.75) is 6.92 Å². The topological polar surface area (TPSA) is 77.3 Å². The molecule has 8 heavy (non-hydrogen) atoms. The normalized spacial score (nSPS) is 6.50. The van der Waals surface area contributed by atoms with Gasteiger partial charge in [-0.25, -0.2) is 0 Å². The summed E-state index contributed by atoms with van der Waals surface area (Å²) < 4.78 is 0. The molecule has 0 N–H and O–H groups in total. The smallest absolute Gasteiger partial charge is 0.360 e. The predicted octanol–water partition coefficient (Wildman–Crippen LogP) is -0.230. The van der Waals surface area contributed by atoms with Gasteiger partial charge in [0.15, 0.2) is 6.07 Å². The average molecular weight is 109 g/mol. The van der Waals surface area contributed by atoms with E-state index in [0.29, 0.717) is 0 Å². The van der Waals surface area contributed by atoms with Crippen LogP contribution in [0, 0.1) is 11.3 Å². The molecule has 0 atom stereocenters. The lowest BCUT2D eigenvalue weighted by Crippen LogP contribution is -2.06. The minimum atomic E-state index is -0.532. The number of carbonyl (C=O) groups is 1. The number of nitrogens with zero attached hydrogens (tertiary/aromatic N) is 3. The maximum absolute atomic E-state index is 10.1. The van der Waals surface area contributed by atoms with Gasteiger partial charge in [-0.1, -0.05) is 0 Å². The zero-order valence-electron chi connectivity index (χ0n) is 4.25. The SMILES string of the molecule is CC(=O)C(C#N)=[N+]=[N-]. The van der Waals surface area contributed by atoms with E-state index in [9.17, 15) is 4.79 Å². The highest BCUT2D eigenvalue weighted by Gasteiger charge is 2.11. The first kappa shape index (κ1) is 6.54. The Balaban J connectivity index is 4.46. The van der Waals surface area contributed by atoms with Gasteiger partial charge in [-0.15, -0.1) is 0 Å². The third-order valence-electron chi connectivity index (χ3n) is 0.539. The Morgan fingerprint density at radius 1 is 1.88 bits per heavy atom. The molecular weight excluding hydrogens is 106 g/mol. The van der Waals surface area contributed by atoms with Crippen LogP contribution in [0.5, 0.6) is 0 Å². The molecule has 0 aromatic carbocycles. The molecule has 4 heteroatoms. The molecule has 0 rings (SSSR count). The molecule has 4 nitrogen and oxygen atoms in total. The highest BCUT2D eigenvalue weighted by atomic mass is 16.1. The fourth-order valence-corrected chi connectivity index (χ4v) is 0.171. The molecule has 0 aliphatic rings. The Bertz CT molecular complexity index is 194. The van der Waals surface area contributed by atoms with Crippen molar-refractivity contribution in [3.8, 4) is 6.07 Å². The molecule has 0 fully saturated rings. The molecule has 0 aliphatic heterocycles. The van der Waals surface area contributed by atoms with Crippen LogP contribution in [0.3, 0.4) is 0 Å². The van der Waals surface area contributed by atoms with Crippen LogP contribution >= 0.6 is 0 Å². The summed E-state index contributed by atoms with van der Waals surface area (Å²) in [4.78, 5) is 12.5. The number of Topliss-reactive ketones (excluding diaryl/α,β-unsaturated/α-hetero) is 1. The molecule has 0 saturated heterocycles. The summed E-state index contributed by atoms with van der Waals surface area (Å²) in [6.45, 7) is 1.15. The molecule has 0 spiro atoms. The van der Waals surface area contributed by atoms with E-state index in [1.54, 1.807) is 0 Å². The molecule has 0 amide bonds. The van der Waals surface area contributed by atoms with Crippen LogP contribution in [0.4, 0.5) is 0 Å². The minimum absolute atomic E-state index is 0.468. The molecule has 0 saturated carbocycles. The Kier molecular flexibility index (Phi) is 2.18. The van der Waals surface area contributed by atoms with Crippen molar-refractivity contribution in [1.82, 2.24) is 0 Å². The Hall–Kier alpha value is -1.46. The molecule has 0 aromatic heterocycles. The number of carbonyl (C=O) groups excluding carboxylic acids is 1. The van der Waals surface area contributed by atoms with Crippen LogP contribution in [0.1, 0.15) is 6.92 Å². The van der Waals surface area contributed by atoms with E-state index in [1.165, 1.54) is 6.07 Å². The number of rotatable bonds is 1. The fraction of sp³-hybridized carbons (Fsp3) is 0.250. The van der Waals surface area contributed by atoms with E-state index < -0.39 is 11.5 Å². The maximum atomic E-state index is 10.1. The van der Waals surface area contributed by atoms with Gasteiger partial charge in [-0.05, 0) is 0 Å². The van der Waals surface area contributed by atoms with Crippen molar-refractivity contribution in [2.75, 3.05) is 0 Å². The second-order valence-corrected chi connectivity index (χ2v) is 1.12. The van der Waals surface area contributed by atoms with Crippen LogP contribution in [0.2, 0.25) is 0 Å². The first-order valence-electron chi connectivity index (χ1n) is 1.85. The third kappa shape index (κ3) is 1.33. The Labute approximate surface area is 46.0 Å². The number of hydrogen-bond donors (Lipinski definition) is 0. The van der Waals surface area contributed by atoms with Gasteiger partial charge >= 0.3 is 5.71 Å². The number of nitriles is 1. The summed E-state index contributed by atoms with van der Waals surface area (Å²) in [5.41, 5.74) is 7.37. The molecule has 0 radical (unpaired) electrons. The zero-order chi connectivity index (χ0) is 6.57. The molecule has 0 heterocycles. The first-order chi connectivity index (χ1) is 3.72. The van der Waals surface area contributed by atoms with E-state index in [2.05, 4.69) is 4.79 Å². The van der Waals surface area contributed by atoms with Gasteiger partial charge in [0.1, 0.15) is 0 Å². The summed E-state index contributed by atoms with van der Waals surface area (Å²) in [7, 11) is 0. The van der Waals surface area contributed by atoms with Crippen molar-refractivity contribution in [3.63, 3.8) is 0 Å². The molecular formula is C4H3N3O. The van der Waals surface area contributed by atoms with Gasteiger partial charge in [-0.2, -0.15) is 10.1 Å². The Morgan fingerprint density at radius 2 is 2.38 bits per heavy atom. The van der Waals surface area contributed by atoms with Crippen molar-refractivity contribution in [3.05, 3.63) is 5.53 Å². The minimum Gasteiger partial charge on any atom is -0.360 e. The summed E-state index contributed by atoms with van der Waals surface area (Å²) >= 11 is 0. The summed E-state index contributed by atoms with van der Waals surface area (Å²) in [6.07, 6.45) is 0.